The minimum absolute atomic E-state index is 0.393. The lowest BCUT2D eigenvalue weighted by atomic mass is 10.3. The van der Waals surface area contributed by atoms with Crippen molar-refractivity contribution < 1.29 is 0 Å². The van der Waals surface area contributed by atoms with Crippen LogP contribution >= 0.6 is 11.3 Å². The maximum Gasteiger partial charge on any atom is 0.107 e. The Morgan fingerprint density at radius 1 is 1.56 bits per heavy atom. The van der Waals surface area contributed by atoms with Gasteiger partial charge in [-0.2, -0.15) is 5.10 Å². The van der Waals surface area contributed by atoms with Crippen LogP contribution in [0.5, 0.6) is 0 Å². The summed E-state index contributed by atoms with van der Waals surface area (Å²) in [6.45, 7) is 5.90. The molecule has 2 heterocycles. The van der Waals surface area contributed by atoms with E-state index in [0.717, 1.165) is 23.8 Å². The SMILES string of the molecule is Cc1csc(CNC(C)Cn2cccn2)n1. The van der Waals surface area contributed by atoms with Gasteiger partial charge in [0.25, 0.3) is 0 Å². The summed E-state index contributed by atoms with van der Waals surface area (Å²) >= 11 is 1.70. The minimum atomic E-state index is 0.393. The van der Waals surface area contributed by atoms with Crippen molar-refractivity contribution in [2.45, 2.75) is 33.0 Å². The fourth-order valence-electron chi connectivity index (χ4n) is 1.50. The number of hydrogen-bond acceptors (Lipinski definition) is 4. The lowest BCUT2D eigenvalue weighted by Gasteiger charge is -2.12. The number of hydrogen-bond donors (Lipinski definition) is 1. The molecule has 16 heavy (non-hydrogen) atoms. The number of nitrogens with zero attached hydrogens (tertiary/aromatic N) is 3. The third-order valence-corrected chi connectivity index (χ3v) is 3.26. The van der Waals surface area contributed by atoms with Gasteiger partial charge in [-0.15, -0.1) is 11.3 Å². The van der Waals surface area contributed by atoms with Gasteiger partial charge in [0.05, 0.1) is 6.54 Å². The Hall–Kier alpha value is -1.20. The molecule has 0 bridgehead atoms. The maximum absolute atomic E-state index is 4.41. The number of thiazole rings is 1. The summed E-state index contributed by atoms with van der Waals surface area (Å²) in [4.78, 5) is 4.41. The van der Waals surface area contributed by atoms with E-state index in [0.29, 0.717) is 6.04 Å². The molecule has 0 aliphatic heterocycles. The van der Waals surface area contributed by atoms with E-state index in [1.54, 1.807) is 17.5 Å². The Balaban J connectivity index is 1.77. The van der Waals surface area contributed by atoms with E-state index in [9.17, 15) is 0 Å². The van der Waals surface area contributed by atoms with Crippen LogP contribution in [0, 0.1) is 6.92 Å². The largest absolute Gasteiger partial charge is 0.306 e. The quantitative estimate of drug-likeness (QED) is 0.861. The Kier molecular flexibility index (Phi) is 3.69. The van der Waals surface area contributed by atoms with Gasteiger partial charge in [-0.05, 0) is 19.9 Å². The second-order valence-electron chi connectivity index (χ2n) is 3.89. The molecule has 0 aromatic carbocycles. The molecule has 86 valence electrons. The predicted octanol–water partition coefficient (Wildman–Crippen LogP) is 1.83. The monoisotopic (exact) mass is 236 g/mol. The third kappa shape index (κ3) is 3.15. The van der Waals surface area contributed by atoms with E-state index >= 15 is 0 Å². The standard InChI is InChI=1S/C11H16N4S/c1-9(7-15-5-3-4-13-15)12-6-11-14-10(2)8-16-11/h3-5,8-9,12H,6-7H2,1-2H3. The Morgan fingerprint density at radius 2 is 2.44 bits per heavy atom. The lowest BCUT2D eigenvalue weighted by Crippen LogP contribution is -2.30. The van der Waals surface area contributed by atoms with Crippen molar-refractivity contribution in [3.05, 3.63) is 34.5 Å². The normalized spacial score (nSPS) is 12.9. The molecular formula is C11H16N4S. The highest BCUT2D eigenvalue weighted by Gasteiger charge is 2.04. The van der Waals surface area contributed by atoms with Gasteiger partial charge in [0.2, 0.25) is 0 Å². The lowest BCUT2D eigenvalue weighted by molar-refractivity contribution is 0.450. The van der Waals surface area contributed by atoms with Crippen LogP contribution in [0.2, 0.25) is 0 Å². The zero-order valence-corrected chi connectivity index (χ0v) is 10.4. The molecule has 2 rings (SSSR count). The molecule has 0 saturated carbocycles. The molecule has 0 spiro atoms. The molecule has 4 nitrogen and oxygen atoms in total. The molecular weight excluding hydrogens is 220 g/mol. The number of aryl methyl sites for hydroxylation is 1. The summed E-state index contributed by atoms with van der Waals surface area (Å²) < 4.78 is 1.94. The summed E-state index contributed by atoms with van der Waals surface area (Å²) in [7, 11) is 0. The van der Waals surface area contributed by atoms with Crippen molar-refractivity contribution >= 4 is 11.3 Å². The molecule has 0 fully saturated rings. The molecule has 5 heteroatoms. The van der Waals surface area contributed by atoms with E-state index in [2.05, 4.69) is 27.7 Å². The van der Waals surface area contributed by atoms with Crippen LogP contribution in [0.4, 0.5) is 0 Å². The Bertz CT molecular complexity index is 421. The molecule has 0 radical (unpaired) electrons. The van der Waals surface area contributed by atoms with Crippen molar-refractivity contribution in [2.75, 3.05) is 0 Å². The van der Waals surface area contributed by atoms with E-state index in [4.69, 9.17) is 0 Å². The van der Waals surface area contributed by atoms with Crippen molar-refractivity contribution in [1.29, 1.82) is 0 Å². The average Bonchev–Trinajstić information content (AvgIpc) is 2.87. The van der Waals surface area contributed by atoms with Crippen LogP contribution < -0.4 is 5.32 Å². The smallest absolute Gasteiger partial charge is 0.107 e. The van der Waals surface area contributed by atoms with Gasteiger partial charge in [-0.3, -0.25) is 4.68 Å². The van der Waals surface area contributed by atoms with Crippen LogP contribution in [-0.2, 0) is 13.1 Å². The summed E-state index contributed by atoms with van der Waals surface area (Å²) in [6.07, 6.45) is 3.78. The van der Waals surface area contributed by atoms with E-state index in [1.807, 2.05) is 23.9 Å². The second-order valence-corrected chi connectivity index (χ2v) is 4.84. The highest BCUT2D eigenvalue weighted by Crippen LogP contribution is 2.08. The first-order valence-electron chi connectivity index (χ1n) is 5.36. The van der Waals surface area contributed by atoms with E-state index < -0.39 is 0 Å². The van der Waals surface area contributed by atoms with E-state index in [1.165, 1.54) is 0 Å². The molecule has 0 amide bonds. The van der Waals surface area contributed by atoms with Crippen molar-refractivity contribution in [1.82, 2.24) is 20.1 Å². The van der Waals surface area contributed by atoms with Gasteiger partial charge in [-0.1, -0.05) is 0 Å². The van der Waals surface area contributed by atoms with Crippen molar-refractivity contribution in [2.24, 2.45) is 0 Å². The Labute approximate surface area is 99.3 Å². The van der Waals surface area contributed by atoms with E-state index in [-0.39, 0.29) is 0 Å². The van der Waals surface area contributed by atoms with Gasteiger partial charge in [0.15, 0.2) is 0 Å². The van der Waals surface area contributed by atoms with Gasteiger partial charge in [0, 0.05) is 36.1 Å². The first-order valence-corrected chi connectivity index (χ1v) is 6.24. The fraction of sp³-hybridized carbons (Fsp3) is 0.455. The summed E-state index contributed by atoms with van der Waals surface area (Å²) in [6, 6.07) is 2.33. The molecule has 1 atom stereocenters. The summed E-state index contributed by atoms with van der Waals surface area (Å²) in [5.74, 6) is 0. The van der Waals surface area contributed by atoms with Gasteiger partial charge in [-0.25, -0.2) is 4.98 Å². The van der Waals surface area contributed by atoms with Crippen LogP contribution in [-0.4, -0.2) is 20.8 Å². The van der Waals surface area contributed by atoms with Crippen LogP contribution in [0.15, 0.2) is 23.8 Å². The van der Waals surface area contributed by atoms with Gasteiger partial charge >= 0.3 is 0 Å². The van der Waals surface area contributed by atoms with Crippen LogP contribution in [0.1, 0.15) is 17.6 Å². The molecule has 2 aromatic heterocycles. The Morgan fingerprint density at radius 3 is 3.06 bits per heavy atom. The summed E-state index contributed by atoms with van der Waals surface area (Å²) in [5.41, 5.74) is 1.10. The maximum atomic E-state index is 4.41. The molecule has 1 unspecified atom stereocenters. The first kappa shape index (κ1) is 11.3. The van der Waals surface area contributed by atoms with Gasteiger partial charge in [0.1, 0.15) is 5.01 Å². The molecule has 0 aliphatic carbocycles. The number of nitrogens with one attached hydrogen (secondary N) is 1. The van der Waals surface area contributed by atoms with Crippen molar-refractivity contribution in [3.63, 3.8) is 0 Å². The zero-order valence-electron chi connectivity index (χ0n) is 9.55. The number of aromatic nitrogens is 3. The zero-order chi connectivity index (χ0) is 11.4. The molecule has 2 aromatic rings. The minimum Gasteiger partial charge on any atom is -0.306 e. The molecule has 0 aliphatic rings. The highest BCUT2D eigenvalue weighted by molar-refractivity contribution is 7.09. The van der Waals surface area contributed by atoms with Crippen molar-refractivity contribution in [3.8, 4) is 0 Å². The highest BCUT2D eigenvalue weighted by atomic mass is 32.1. The first-order chi connectivity index (χ1) is 7.74. The molecule has 1 N–H and O–H groups in total. The van der Waals surface area contributed by atoms with Crippen LogP contribution in [0.25, 0.3) is 0 Å². The topological polar surface area (TPSA) is 42.7 Å². The third-order valence-electron chi connectivity index (χ3n) is 2.29. The fourth-order valence-corrected chi connectivity index (χ4v) is 2.22. The second kappa shape index (κ2) is 5.23. The number of rotatable bonds is 5. The summed E-state index contributed by atoms with van der Waals surface area (Å²) in [5, 5.41) is 10.8. The average molecular weight is 236 g/mol. The van der Waals surface area contributed by atoms with Crippen LogP contribution in [0.3, 0.4) is 0 Å². The predicted molar refractivity (Wildman–Crippen MR) is 65.4 cm³/mol. The molecule has 0 saturated heterocycles. The van der Waals surface area contributed by atoms with Gasteiger partial charge < -0.3 is 5.32 Å².